The lowest BCUT2D eigenvalue weighted by Crippen LogP contribution is -2.33. The highest BCUT2D eigenvalue weighted by Gasteiger charge is 2.42. The molecule has 0 unspecified atom stereocenters. The predicted octanol–water partition coefficient (Wildman–Crippen LogP) is 2.08. The summed E-state index contributed by atoms with van der Waals surface area (Å²) in [6.07, 6.45) is 2.08. The van der Waals surface area contributed by atoms with E-state index in [0.717, 1.165) is 23.1 Å². The Morgan fingerprint density at radius 2 is 1.73 bits per heavy atom. The molecule has 1 aliphatic rings. The average Bonchev–Trinajstić information content (AvgIpc) is 2.78. The average molecular weight is 363 g/mol. The van der Waals surface area contributed by atoms with E-state index in [1.54, 1.807) is 19.0 Å². The summed E-state index contributed by atoms with van der Waals surface area (Å²) in [6, 6.07) is 2.25. The second-order valence-corrected chi connectivity index (χ2v) is 5.74. The summed E-state index contributed by atoms with van der Waals surface area (Å²) in [7, 11) is 3.38. The number of hydrogen-bond acceptors (Lipinski definition) is 7. The van der Waals surface area contributed by atoms with Crippen molar-refractivity contribution in [1.29, 1.82) is 0 Å². The molecule has 1 aliphatic heterocycles. The van der Waals surface area contributed by atoms with Crippen LogP contribution in [0.15, 0.2) is 30.1 Å². The van der Waals surface area contributed by atoms with Crippen LogP contribution in [0.25, 0.3) is 0 Å². The molecule has 0 atom stereocenters. The summed E-state index contributed by atoms with van der Waals surface area (Å²) in [6.45, 7) is 2.13. The molecular formula is C15H17N5O6. The molecule has 1 fully saturated rings. The van der Waals surface area contributed by atoms with Gasteiger partial charge >= 0.3 is 17.4 Å². The van der Waals surface area contributed by atoms with Crippen molar-refractivity contribution in [3.63, 3.8) is 0 Å². The van der Waals surface area contributed by atoms with Gasteiger partial charge in [-0.1, -0.05) is 6.92 Å². The van der Waals surface area contributed by atoms with Crippen molar-refractivity contribution in [3.05, 3.63) is 50.3 Å². The van der Waals surface area contributed by atoms with Gasteiger partial charge in [-0.2, -0.15) is 0 Å². The van der Waals surface area contributed by atoms with E-state index in [1.165, 1.54) is 11.1 Å². The first kappa shape index (κ1) is 18.8. The molecule has 0 aliphatic carbocycles. The van der Waals surface area contributed by atoms with Gasteiger partial charge < -0.3 is 4.90 Å². The minimum atomic E-state index is -0.924. The van der Waals surface area contributed by atoms with E-state index in [-0.39, 0.29) is 17.9 Å². The molecule has 1 aromatic rings. The third-order valence-corrected chi connectivity index (χ3v) is 3.57. The lowest BCUT2D eigenvalue weighted by Gasteiger charge is -2.17. The van der Waals surface area contributed by atoms with Gasteiger partial charge in [0.1, 0.15) is 5.70 Å². The first-order valence-electron chi connectivity index (χ1n) is 7.66. The Bertz CT molecular complexity index is 819. The SMILES string of the molecule is CCCN1C(=O)N(c2ccc([N+](=O)[O-])c([N+](=O)[O-])c2)C(=O)C1=CN(C)C. The van der Waals surface area contributed by atoms with E-state index < -0.39 is 33.2 Å². The molecule has 0 saturated carbocycles. The van der Waals surface area contributed by atoms with Gasteiger partial charge in [0, 0.05) is 39.0 Å². The van der Waals surface area contributed by atoms with Gasteiger partial charge in [-0.25, -0.2) is 9.69 Å². The number of imide groups is 1. The predicted molar refractivity (Wildman–Crippen MR) is 91.4 cm³/mol. The molecule has 0 N–H and O–H groups in total. The number of nitro benzene ring substituents is 2. The molecule has 11 nitrogen and oxygen atoms in total. The topological polar surface area (TPSA) is 130 Å². The van der Waals surface area contributed by atoms with Crippen LogP contribution in [0.4, 0.5) is 21.9 Å². The molecule has 1 aromatic carbocycles. The molecule has 138 valence electrons. The zero-order valence-corrected chi connectivity index (χ0v) is 14.4. The summed E-state index contributed by atoms with van der Waals surface area (Å²) in [5.74, 6) is -0.652. The number of anilines is 1. The van der Waals surface area contributed by atoms with E-state index in [2.05, 4.69) is 0 Å². The smallest absolute Gasteiger partial charge is 0.348 e. The number of carbonyl (C=O) groups excluding carboxylic acids is 2. The number of carbonyl (C=O) groups is 2. The Labute approximate surface area is 148 Å². The molecular weight excluding hydrogens is 346 g/mol. The lowest BCUT2D eigenvalue weighted by atomic mass is 10.2. The van der Waals surface area contributed by atoms with Crippen LogP contribution in [0, 0.1) is 20.2 Å². The third kappa shape index (κ3) is 3.31. The van der Waals surface area contributed by atoms with Gasteiger partial charge in [-0.3, -0.25) is 29.9 Å². The zero-order chi connectivity index (χ0) is 19.6. The quantitative estimate of drug-likeness (QED) is 0.327. The van der Waals surface area contributed by atoms with Gasteiger partial charge in [0.15, 0.2) is 0 Å². The van der Waals surface area contributed by atoms with Crippen molar-refractivity contribution in [1.82, 2.24) is 9.80 Å². The van der Waals surface area contributed by atoms with Crippen LogP contribution < -0.4 is 4.90 Å². The molecule has 1 heterocycles. The van der Waals surface area contributed by atoms with E-state index in [0.29, 0.717) is 6.42 Å². The van der Waals surface area contributed by atoms with Crippen LogP contribution in [0.3, 0.4) is 0 Å². The molecule has 0 radical (unpaired) electrons. The first-order chi connectivity index (χ1) is 12.2. The highest BCUT2D eigenvalue weighted by molar-refractivity contribution is 6.26. The van der Waals surface area contributed by atoms with Crippen LogP contribution in [0.5, 0.6) is 0 Å². The Morgan fingerprint density at radius 1 is 1.12 bits per heavy atom. The molecule has 3 amide bonds. The molecule has 0 spiro atoms. The van der Waals surface area contributed by atoms with Crippen molar-refractivity contribution in [3.8, 4) is 0 Å². The van der Waals surface area contributed by atoms with E-state index >= 15 is 0 Å². The Kier molecular flexibility index (Phi) is 5.19. The summed E-state index contributed by atoms with van der Waals surface area (Å²) in [5.41, 5.74) is -1.48. The molecule has 1 saturated heterocycles. The van der Waals surface area contributed by atoms with Crippen molar-refractivity contribution < 1.29 is 19.4 Å². The molecule has 0 aromatic heterocycles. The fourth-order valence-corrected chi connectivity index (χ4v) is 2.53. The van der Waals surface area contributed by atoms with Crippen LogP contribution in [0.2, 0.25) is 0 Å². The van der Waals surface area contributed by atoms with Crippen LogP contribution in [-0.2, 0) is 4.79 Å². The maximum Gasteiger partial charge on any atom is 0.348 e. The summed E-state index contributed by atoms with van der Waals surface area (Å²) >= 11 is 0. The number of nitrogens with zero attached hydrogens (tertiary/aromatic N) is 5. The summed E-state index contributed by atoms with van der Waals surface area (Å²) in [4.78, 5) is 49.3. The Morgan fingerprint density at radius 3 is 2.23 bits per heavy atom. The minimum absolute atomic E-state index is 0.0967. The summed E-state index contributed by atoms with van der Waals surface area (Å²) < 4.78 is 0. The normalized spacial score (nSPS) is 15.7. The zero-order valence-electron chi connectivity index (χ0n) is 14.4. The number of amides is 3. The largest absolute Gasteiger partial charge is 0.382 e. The molecule has 26 heavy (non-hydrogen) atoms. The molecule has 0 bridgehead atoms. The highest BCUT2D eigenvalue weighted by Crippen LogP contribution is 2.34. The van der Waals surface area contributed by atoms with Crippen molar-refractivity contribution in [2.45, 2.75) is 13.3 Å². The van der Waals surface area contributed by atoms with Crippen molar-refractivity contribution in [2.75, 3.05) is 25.5 Å². The standard InChI is InChI=1S/C15H17N5O6/c1-4-7-17-13(9-16(2)3)14(21)18(15(17)22)10-5-6-11(19(23)24)12(8-10)20(25)26/h5-6,8-9H,4,7H2,1-3H3. The first-order valence-corrected chi connectivity index (χ1v) is 7.66. The van der Waals surface area contributed by atoms with Gasteiger partial charge in [0.05, 0.1) is 15.5 Å². The van der Waals surface area contributed by atoms with Crippen LogP contribution >= 0.6 is 0 Å². The van der Waals surface area contributed by atoms with E-state index in [4.69, 9.17) is 0 Å². The third-order valence-electron chi connectivity index (χ3n) is 3.57. The van der Waals surface area contributed by atoms with Crippen molar-refractivity contribution in [2.24, 2.45) is 0 Å². The number of rotatable bonds is 6. The number of hydrogen-bond donors (Lipinski definition) is 0. The van der Waals surface area contributed by atoms with Gasteiger partial charge in [-0.05, 0) is 12.5 Å². The van der Waals surface area contributed by atoms with Gasteiger partial charge in [0.25, 0.3) is 5.91 Å². The highest BCUT2D eigenvalue weighted by atomic mass is 16.6. The number of nitro groups is 2. The number of benzene rings is 1. The molecule has 2 rings (SSSR count). The second-order valence-electron chi connectivity index (χ2n) is 5.74. The second kappa shape index (κ2) is 7.17. The van der Waals surface area contributed by atoms with E-state index in [1.807, 2.05) is 6.92 Å². The molecule has 11 heteroatoms. The minimum Gasteiger partial charge on any atom is -0.382 e. The van der Waals surface area contributed by atoms with Crippen LogP contribution in [-0.4, -0.2) is 52.2 Å². The fourth-order valence-electron chi connectivity index (χ4n) is 2.53. The van der Waals surface area contributed by atoms with Gasteiger partial charge in [-0.15, -0.1) is 0 Å². The Hall–Kier alpha value is -3.50. The Balaban J connectivity index is 2.56. The van der Waals surface area contributed by atoms with E-state index in [9.17, 15) is 29.8 Å². The van der Waals surface area contributed by atoms with Gasteiger partial charge in [0.2, 0.25) is 0 Å². The van der Waals surface area contributed by atoms with Crippen molar-refractivity contribution >= 4 is 29.0 Å². The maximum atomic E-state index is 12.7. The summed E-state index contributed by atoms with van der Waals surface area (Å²) in [5, 5.41) is 22.0. The fraction of sp³-hybridized carbons (Fsp3) is 0.333. The maximum absolute atomic E-state index is 12.7. The lowest BCUT2D eigenvalue weighted by molar-refractivity contribution is -0.422. The van der Waals surface area contributed by atoms with Crippen LogP contribution in [0.1, 0.15) is 13.3 Å². The monoisotopic (exact) mass is 363 g/mol. The number of urea groups is 1.